The highest BCUT2D eigenvalue weighted by molar-refractivity contribution is 7.22. The summed E-state index contributed by atoms with van der Waals surface area (Å²) in [6.07, 6.45) is 4.91. The van der Waals surface area contributed by atoms with Crippen LogP contribution in [-0.2, 0) is 16.0 Å². The van der Waals surface area contributed by atoms with Crippen LogP contribution in [0.1, 0.15) is 34.8 Å². The smallest absolute Gasteiger partial charge is 0.343 e. The molecule has 1 heterocycles. The summed E-state index contributed by atoms with van der Waals surface area (Å²) < 4.78 is 17.0. The average Bonchev–Trinajstić information content (AvgIpc) is 3.49. The minimum absolute atomic E-state index is 0.263. The Morgan fingerprint density at radius 2 is 1.73 bits per heavy atom. The zero-order valence-electron chi connectivity index (χ0n) is 24.4. The van der Waals surface area contributed by atoms with Crippen LogP contribution in [-0.4, -0.2) is 37.0 Å². The lowest BCUT2D eigenvalue weighted by Crippen LogP contribution is -2.10. The van der Waals surface area contributed by atoms with E-state index in [1.54, 1.807) is 59.0 Å². The van der Waals surface area contributed by atoms with Gasteiger partial charge in [0.15, 0.2) is 0 Å². The highest BCUT2D eigenvalue weighted by Crippen LogP contribution is 2.30. The van der Waals surface area contributed by atoms with Gasteiger partial charge in [-0.15, -0.1) is 0 Å². The number of aromatic nitrogens is 1. The number of hydrogen-bond donors (Lipinski definition) is 0. The molecule has 44 heavy (non-hydrogen) atoms. The summed E-state index contributed by atoms with van der Waals surface area (Å²) in [4.78, 5) is 28.8. The van der Waals surface area contributed by atoms with Gasteiger partial charge < -0.3 is 14.2 Å². The van der Waals surface area contributed by atoms with Gasteiger partial charge in [-0.1, -0.05) is 73.7 Å². The first-order valence-corrected chi connectivity index (χ1v) is 14.9. The number of rotatable bonds is 12. The van der Waals surface area contributed by atoms with E-state index >= 15 is 0 Å². The number of hydrazone groups is 1. The van der Waals surface area contributed by atoms with Crippen LogP contribution in [0.2, 0.25) is 0 Å². The summed E-state index contributed by atoms with van der Waals surface area (Å²) in [5.41, 5.74) is 5.30. The second-order valence-electron chi connectivity index (χ2n) is 9.77. The number of para-hydroxylation sites is 1. The molecule has 0 fully saturated rings. The number of thiazole rings is 1. The van der Waals surface area contributed by atoms with Crippen molar-refractivity contribution in [1.29, 1.82) is 0 Å². The van der Waals surface area contributed by atoms with Crippen molar-refractivity contribution in [3.63, 3.8) is 0 Å². The van der Waals surface area contributed by atoms with Crippen LogP contribution in [0.15, 0.2) is 109 Å². The third kappa shape index (κ3) is 7.56. The number of fused-ring (bicyclic) bond motifs is 1. The monoisotopic (exact) mass is 605 g/mol. The quantitative estimate of drug-likeness (QED) is 0.0360. The van der Waals surface area contributed by atoms with Crippen LogP contribution in [0.25, 0.3) is 21.3 Å². The van der Waals surface area contributed by atoms with Gasteiger partial charge in [0.2, 0.25) is 11.9 Å². The third-order valence-corrected chi connectivity index (χ3v) is 7.75. The molecular weight excluding hydrogens is 574 g/mol. The molecule has 0 saturated carbocycles. The van der Waals surface area contributed by atoms with Crippen LogP contribution in [0.3, 0.4) is 0 Å². The van der Waals surface area contributed by atoms with Crippen LogP contribution >= 0.6 is 11.3 Å². The maximum Gasteiger partial charge on any atom is 0.343 e. The van der Waals surface area contributed by atoms with Crippen molar-refractivity contribution in [3.05, 3.63) is 120 Å². The van der Waals surface area contributed by atoms with Gasteiger partial charge in [-0.05, 0) is 71.6 Å². The SMILES string of the molecule is C=CC(=O)OCOc1ccc(C(=O)Oc2ccc(-c3ccc(CCC)cc3)c(/C=N/N(C)c3nc4ccccc4s3)c2)cc1. The van der Waals surface area contributed by atoms with Crippen molar-refractivity contribution in [3.8, 4) is 22.6 Å². The maximum atomic E-state index is 13.0. The molecule has 222 valence electrons. The minimum atomic E-state index is -0.586. The first kappa shape index (κ1) is 30.2. The fourth-order valence-corrected chi connectivity index (χ4v) is 5.26. The van der Waals surface area contributed by atoms with Crippen LogP contribution in [0, 0.1) is 0 Å². The molecule has 0 aliphatic rings. The number of carbonyl (C=O) groups excluding carboxylic acids is 2. The fourth-order valence-electron chi connectivity index (χ4n) is 4.38. The lowest BCUT2D eigenvalue weighted by atomic mass is 9.98. The Hall–Kier alpha value is -5.28. The van der Waals surface area contributed by atoms with Gasteiger partial charge >= 0.3 is 11.9 Å². The van der Waals surface area contributed by atoms with Crippen LogP contribution in [0.5, 0.6) is 11.5 Å². The Labute approximate surface area is 259 Å². The molecule has 0 bridgehead atoms. The van der Waals surface area contributed by atoms with E-state index in [2.05, 4.69) is 47.9 Å². The number of nitrogens with zero attached hydrogens (tertiary/aromatic N) is 3. The second-order valence-corrected chi connectivity index (χ2v) is 10.8. The number of ether oxygens (including phenoxy) is 3. The van der Waals surface area contributed by atoms with Crippen molar-refractivity contribution >= 4 is 44.8 Å². The minimum Gasteiger partial charge on any atom is -0.457 e. The van der Waals surface area contributed by atoms with Crippen molar-refractivity contribution in [2.24, 2.45) is 5.10 Å². The van der Waals surface area contributed by atoms with Gasteiger partial charge in [-0.25, -0.2) is 19.6 Å². The molecule has 5 aromatic rings. The van der Waals surface area contributed by atoms with E-state index < -0.39 is 11.9 Å². The standard InChI is InChI=1S/C35H31N3O5S/c1-4-8-24-11-13-25(14-12-24)30-20-19-29(43-34(40)26-15-17-28(18-16-26)41-23-42-33(39)5-2)21-27(30)22-36-38(3)35-37-31-9-6-7-10-32(31)44-35/h5-7,9-22H,2,4,8,23H2,1,3H3/b36-22+. The van der Waals surface area contributed by atoms with E-state index in [0.717, 1.165) is 51.0 Å². The molecule has 8 nitrogen and oxygen atoms in total. The van der Waals surface area contributed by atoms with E-state index in [9.17, 15) is 9.59 Å². The Kier molecular flexibility index (Phi) is 9.78. The zero-order valence-corrected chi connectivity index (χ0v) is 25.3. The van der Waals surface area contributed by atoms with Crippen LogP contribution in [0.4, 0.5) is 5.13 Å². The zero-order chi connectivity index (χ0) is 30.9. The largest absolute Gasteiger partial charge is 0.457 e. The topological polar surface area (TPSA) is 90.3 Å². The molecule has 5 rings (SSSR count). The molecule has 1 aromatic heterocycles. The lowest BCUT2D eigenvalue weighted by molar-refractivity contribution is -0.144. The molecule has 0 amide bonds. The molecule has 0 radical (unpaired) electrons. The highest BCUT2D eigenvalue weighted by Gasteiger charge is 2.13. The maximum absolute atomic E-state index is 13.0. The van der Waals surface area contributed by atoms with E-state index in [1.807, 2.05) is 37.4 Å². The molecule has 0 saturated heterocycles. The molecule has 0 atom stereocenters. The Balaban J connectivity index is 1.36. The predicted octanol–water partition coefficient (Wildman–Crippen LogP) is 7.67. The Bertz CT molecular complexity index is 1760. The summed E-state index contributed by atoms with van der Waals surface area (Å²) >= 11 is 1.56. The van der Waals surface area contributed by atoms with Gasteiger partial charge in [0, 0.05) is 18.7 Å². The Morgan fingerprint density at radius 1 is 0.977 bits per heavy atom. The first-order valence-electron chi connectivity index (χ1n) is 14.0. The number of hydrogen-bond acceptors (Lipinski definition) is 9. The number of aryl methyl sites for hydroxylation is 1. The number of esters is 2. The average molecular weight is 606 g/mol. The number of anilines is 1. The van der Waals surface area contributed by atoms with Gasteiger partial charge in [0.05, 0.1) is 22.0 Å². The molecule has 0 aliphatic carbocycles. The number of benzene rings is 4. The normalized spacial score (nSPS) is 11.0. The summed E-state index contributed by atoms with van der Waals surface area (Å²) in [5.74, 6) is -0.302. The van der Waals surface area contributed by atoms with Crippen molar-refractivity contribution < 1.29 is 23.8 Å². The van der Waals surface area contributed by atoms with E-state index in [1.165, 1.54) is 5.56 Å². The van der Waals surface area contributed by atoms with Gasteiger partial charge in [0.1, 0.15) is 11.5 Å². The van der Waals surface area contributed by atoms with Crippen molar-refractivity contribution in [1.82, 2.24) is 4.98 Å². The highest BCUT2D eigenvalue weighted by atomic mass is 32.1. The van der Waals surface area contributed by atoms with E-state index in [-0.39, 0.29) is 6.79 Å². The summed E-state index contributed by atoms with van der Waals surface area (Å²) in [5, 5.41) is 7.19. The number of carbonyl (C=O) groups is 2. The van der Waals surface area contributed by atoms with Gasteiger partial charge in [-0.3, -0.25) is 0 Å². The second kappa shape index (κ2) is 14.3. The summed E-state index contributed by atoms with van der Waals surface area (Å²) in [7, 11) is 1.86. The fraction of sp³-hybridized carbons (Fsp3) is 0.143. The lowest BCUT2D eigenvalue weighted by Gasteiger charge is -2.12. The first-order chi connectivity index (χ1) is 21.4. The molecule has 0 aliphatic heterocycles. The molecule has 9 heteroatoms. The molecule has 0 spiro atoms. The molecule has 0 N–H and O–H groups in total. The van der Waals surface area contributed by atoms with Crippen molar-refractivity contribution in [2.45, 2.75) is 19.8 Å². The van der Waals surface area contributed by atoms with Gasteiger partial charge in [-0.2, -0.15) is 5.10 Å². The van der Waals surface area contributed by atoms with E-state index in [0.29, 0.717) is 17.1 Å². The Morgan fingerprint density at radius 3 is 2.45 bits per heavy atom. The summed E-state index contributed by atoms with van der Waals surface area (Å²) in [6.45, 7) is 5.23. The van der Waals surface area contributed by atoms with Crippen molar-refractivity contribution in [2.75, 3.05) is 18.8 Å². The van der Waals surface area contributed by atoms with E-state index in [4.69, 9.17) is 14.2 Å². The van der Waals surface area contributed by atoms with Crippen LogP contribution < -0.4 is 14.5 Å². The predicted molar refractivity (Wildman–Crippen MR) is 175 cm³/mol. The third-order valence-electron chi connectivity index (χ3n) is 6.65. The molecule has 0 unspecified atom stereocenters. The summed E-state index contributed by atoms with van der Waals surface area (Å²) in [6, 6.07) is 28.3. The van der Waals surface area contributed by atoms with Gasteiger partial charge in [0.25, 0.3) is 0 Å². The molecule has 4 aromatic carbocycles. The molecular formula is C35H31N3O5S.